The van der Waals surface area contributed by atoms with Gasteiger partial charge in [0.2, 0.25) is 0 Å². The molecule has 1 aromatic rings. The van der Waals surface area contributed by atoms with Crippen LogP contribution in [0.15, 0.2) is 11.4 Å². The molecule has 1 fully saturated rings. The Bertz CT molecular complexity index is 388. The summed E-state index contributed by atoms with van der Waals surface area (Å²) >= 11 is 3.86. The lowest BCUT2D eigenvalue weighted by molar-refractivity contribution is 0.0950. The van der Waals surface area contributed by atoms with Crippen LogP contribution in [0.4, 0.5) is 0 Å². The Morgan fingerprint density at radius 1 is 1.20 bits per heavy atom. The quantitative estimate of drug-likeness (QED) is 0.688. The van der Waals surface area contributed by atoms with Crippen molar-refractivity contribution in [1.29, 1.82) is 0 Å². The molecule has 1 aliphatic heterocycles. The van der Waals surface area contributed by atoms with Gasteiger partial charge in [0.1, 0.15) is 0 Å². The van der Waals surface area contributed by atoms with E-state index in [9.17, 15) is 4.79 Å². The molecule has 2 heterocycles. The Balaban J connectivity index is 2.06. The molecule has 0 aromatic carbocycles. The number of carbonyl (C=O) groups is 1. The first-order chi connectivity index (χ1) is 7.32. The molecule has 1 aromatic heterocycles. The molecular weight excluding hydrogens is 224 g/mol. The summed E-state index contributed by atoms with van der Waals surface area (Å²) in [6.45, 7) is 0. The largest absolute Gasteiger partial charge is 0.294 e. The molecule has 0 bridgehead atoms. The Labute approximate surface area is 98.3 Å². The molecule has 3 heteroatoms. The van der Waals surface area contributed by atoms with Gasteiger partial charge in [-0.1, -0.05) is 0 Å². The van der Waals surface area contributed by atoms with Crippen LogP contribution < -0.4 is 0 Å². The highest BCUT2D eigenvalue weighted by Gasteiger charge is 2.41. The van der Waals surface area contributed by atoms with Gasteiger partial charge in [0, 0.05) is 22.3 Å². The predicted molar refractivity (Wildman–Crippen MR) is 66.1 cm³/mol. The number of carbonyl (C=O) groups excluding carboxylic acids is 1. The maximum atomic E-state index is 11.8. The Hall–Kier alpha value is -0.280. The molecule has 1 aliphatic carbocycles. The monoisotopic (exact) mass is 238 g/mol. The van der Waals surface area contributed by atoms with Gasteiger partial charge in [0.25, 0.3) is 0 Å². The van der Waals surface area contributed by atoms with E-state index in [1.165, 1.54) is 29.2 Å². The second kappa shape index (κ2) is 3.63. The van der Waals surface area contributed by atoms with Gasteiger partial charge in [0.05, 0.1) is 0 Å². The van der Waals surface area contributed by atoms with E-state index in [0.29, 0.717) is 11.2 Å². The molecule has 0 amide bonds. The van der Waals surface area contributed by atoms with E-state index in [0.717, 1.165) is 18.4 Å². The first-order valence-electron chi connectivity index (χ1n) is 5.51. The van der Waals surface area contributed by atoms with E-state index in [-0.39, 0.29) is 0 Å². The van der Waals surface area contributed by atoms with Crippen LogP contribution in [-0.4, -0.2) is 17.3 Å². The van der Waals surface area contributed by atoms with Crippen molar-refractivity contribution in [3.8, 4) is 0 Å². The predicted octanol–water partition coefficient (Wildman–Crippen LogP) is 3.49. The Kier molecular flexibility index (Phi) is 2.40. The van der Waals surface area contributed by atoms with Gasteiger partial charge >= 0.3 is 0 Å². The van der Waals surface area contributed by atoms with Crippen LogP contribution in [0, 0.1) is 0 Å². The van der Waals surface area contributed by atoms with Gasteiger partial charge in [-0.2, -0.15) is 11.8 Å². The van der Waals surface area contributed by atoms with Crippen molar-refractivity contribution in [3.05, 3.63) is 21.9 Å². The molecule has 0 unspecified atom stereocenters. The number of thioether (sulfide) groups is 1. The minimum absolute atomic E-state index is 0.370. The summed E-state index contributed by atoms with van der Waals surface area (Å²) in [4.78, 5) is 13.2. The first-order valence-corrected chi connectivity index (χ1v) is 7.54. The molecule has 0 radical (unpaired) electrons. The number of Topliss-reactive ketones (excluding diaryl/α,β-unsaturated/α-hetero) is 1. The fraction of sp³-hybridized carbons (Fsp3) is 0.583. The molecule has 15 heavy (non-hydrogen) atoms. The zero-order valence-electron chi connectivity index (χ0n) is 8.62. The zero-order valence-corrected chi connectivity index (χ0v) is 10.3. The third kappa shape index (κ3) is 1.48. The summed E-state index contributed by atoms with van der Waals surface area (Å²) in [6.07, 6.45) is 4.42. The van der Waals surface area contributed by atoms with Crippen molar-refractivity contribution in [2.24, 2.45) is 0 Å². The fourth-order valence-corrected chi connectivity index (χ4v) is 5.26. The zero-order chi connectivity index (χ0) is 10.3. The van der Waals surface area contributed by atoms with Crippen LogP contribution in [0.3, 0.4) is 0 Å². The molecule has 3 rings (SSSR count). The Morgan fingerprint density at radius 3 is 2.80 bits per heavy atom. The number of ketones is 1. The normalized spacial score (nSPS) is 24.1. The van der Waals surface area contributed by atoms with Crippen LogP contribution in [0.2, 0.25) is 0 Å². The molecule has 0 N–H and O–H groups in total. The minimum Gasteiger partial charge on any atom is -0.294 e. The van der Waals surface area contributed by atoms with E-state index in [1.54, 1.807) is 11.3 Å². The van der Waals surface area contributed by atoms with Crippen LogP contribution in [0.25, 0.3) is 0 Å². The van der Waals surface area contributed by atoms with Crippen molar-refractivity contribution >= 4 is 28.9 Å². The first kappa shape index (κ1) is 9.91. The van der Waals surface area contributed by atoms with Crippen LogP contribution >= 0.6 is 23.1 Å². The fourth-order valence-electron chi connectivity index (χ4n) is 2.78. The average molecular weight is 238 g/mol. The van der Waals surface area contributed by atoms with Crippen LogP contribution in [0.1, 0.15) is 40.9 Å². The maximum Gasteiger partial charge on any atom is 0.164 e. The summed E-state index contributed by atoms with van der Waals surface area (Å²) in [5.41, 5.74) is 1.42. The summed E-state index contributed by atoms with van der Waals surface area (Å²) in [5.74, 6) is 2.91. The summed E-state index contributed by atoms with van der Waals surface area (Å²) in [6, 6.07) is 2.03. The van der Waals surface area contributed by atoms with Gasteiger partial charge in [-0.05, 0) is 42.2 Å². The van der Waals surface area contributed by atoms with E-state index in [1.807, 2.05) is 6.07 Å². The molecule has 1 spiro atoms. The van der Waals surface area contributed by atoms with Crippen LogP contribution in [-0.2, 0) is 5.41 Å². The summed E-state index contributed by atoms with van der Waals surface area (Å²) in [5, 5.41) is 2.09. The lowest BCUT2D eigenvalue weighted by Crippen LogP contribution is -2.35. The number of thiophene rings is 1. The molecular formula is C12H14OS2. The molecule has 1 nitrogen and oxygen atoms in total. The maximum absolute atomic E-state index is 11.8. The average Bonchev–Trinajstić information content (AvgIpc) is 2.76. The van der Waals surface area contributed by atoms with Gasteiger partial charge in [0.15, 0.2) is 5.78 Å². The third-order valence-corrected chi connectivity index (χ3v) is 5.87. The van der Waals surface area contributed by atoms with E-state index >= 15 is 0 Å². The number of hydrogen-bond donors (Lipinski definition) is 0. The van der Waals surface area contributed by atoms with Crippen molar-refractivity contribution < 1.29 is 4.79 Å². The standard InChI is InChI=1S/C12H14OS2/c13-10-1-3-12(4-7-14-8-5-12)11-9(10)2-6-15-11/h2,6H,1,3-5,7-8H2. The van der Waals surface area contributed by atoms with Crippen molar-refractivity contribution in [3.63, 3.8) is 0 Å². The topological polar surface area (TPSA) is 17.1 Å². The smallest absolute Gasteiger partial charge is 0.164 e. The molecule has 2 aliphatic rings. The van der Waals surface area contributed by atoms with Crippen molar-refractivity contribution in [2.75, 3.05) is 11.5 Å². The van der Waals surface area contributed by atoms with Gasteiger partial charge in [-0.25, -0.2) is 0 Å². The van der Waals surface area contributed by atoms with Gasteiger partial charge < -0.3 is 0 Å². The third-order valence-electron chi connectivity index (χ3n) is 3.73. The highest BCUT2D eigenvalue weighted by molar-refractivity contribution is 7.99. The molecule has 80 valence electrons. The number of rotatable bonds is 0. The van der Waals surface area contributed by atoms with E-state index in [4.69, 9.17) is 0 Å². The summed E-state index contributed by atoms with van der Waals surface area (Å²) < 4.78 is 0. The van der Waals surface area contributed by atoms with Gasteiger partial charge in [-0.3, -0.25) is 4.79 Å². The minimum atomic E-state index is 0.370. The highest BCUT2D eigenvalue weighted by atomic mass is 32.2. The van der Waals surface area contributed by atoms with Crippen LogP contribution in [0.5, 0.6) is 0 Å². The van der Waals surface area contributed by atoms with Gasteiger partial charge in [-0.15, -0.1) is 11.3 Å². The second-order valence-corrected chi connectivity index (χ2v) is 6.62. The highest BCUT2D eigenvalue weighted by Crippen LogP contribution is 2.48. The molecule has 0 saturated carbocycles. The van der Waals surface area contributed by atoms with Crippen molar-refractivity contribution in [1.82, 2.24) is 0 Å². The lowest BCUT2D eigenvalue weighted by atomic mass is 9.71. The molecule has 0 atom stereocenters. The summed E-state index contributed by atoms with van der Waals surface area (Å²) in [7, 11) is 0. The van der Waals surface area contributed by atoms with Crippen molar-refractivity contribution in [2.45, 2.75) is 31.1 Å². The molecule has 1 saturated heterocycles. The van der Waals surface area contributed by atoms with E-state index in [2.05, 4.69) is 17.1 Å². The number of fused-ring (bicyclic) bond motifs is 2. The number of hydrogen-bond acceptors (Lipinski definition) is 3. The SMILES string of the molecule is O=C1CCC2(CCSCC2)c2sccc21. The second-order valence-electron chi connectivity index (χ2n) is 4.48. The van der Waals surface area contributed by atoms with E-state index < -0.39 is 0 Å². The Morgan fingerprint density at radius 2 is 2.00 bits per heavy atom. The lowest BCUT2D eigenvalue weighted by Gasteiger charge is -2.39.